The number of terminal acetylenes is 1. The molecule has 0 saturated heterocycles. The third-order valence-electron chi connectivity index (χ3n) is 9.48. The molecule has 0 bridgehead atoms. The van der Waals surface area contributed by atoms with E-state index in [2.05, 4.69) is 47.8 Å². The van der Waals surface area contributed by atoms with E-state index in [0.717, 1.165) is 6.08 Å². The number of aromatic nitrogens is 6. The van der Waals surface area contributed by atoms with E-state index in [4.69, 9.17) is 46.0 Å². The van der Waals surface area contributed by atoms with Crippen LogP contribution in [0.15, 0.2) is 24.2 Å². The summed E-state index contributed by atoms with van der Waals surface area (Å²) in [6, 6.07) is -2.28. The highest BCUT2D eigenvalue weighted by Crippen LogP contribution is 2.25. The Kier molecular flexibility index (Phi) is 25.3. The van der Waals surface area contributed by atoms with Crippen molar-refractivity contribution in [3.8, 4) is 12.3 Å². The fourth-order valence-corrected chi connectivity index (χ4v) is 6.33. The molecular formula is C40H63N13O14. The van der Waals surface area contributed by atoms with Crippen molar-refractivity contribution in [3.05, 3.63) is 35.6 Å². The van der Waals surface area contributed by atoms with Crippen molar-refractivity contribution in [2.24, 2.45) is 5.73 Å². The maximum Gasteiger partial charge on any atom is 0.370 e. The average Bonchev–Trinajstić information content (AvgIpc) is 3.94. The number of aliphatic hydroxyl groups is 2. The molecular weight excluding hydrogens is 887 g/mol. The van der Waals surface area contributed by atoms with Crippen molar-refractivity contribution in [2.75, 3.05) is 92.2 Å². The molecule has 2 aromatic heterocycles. The van der Waals surface area contributed by atoms with Crippen LogP contribution in [0.2, 0.25) is 0 Å². The van der Waals surface area contributed by atoms with Gasteiger partial charge in [-0.25, -0.2) is 4.79 Å². The van der Waals surface area contributed by atoms with E-state index in [1.54, 1.807) is 26.7 Å². The third kappa shape index (κ3) is 21.7. The van der Waals surface area contributed by atoms with Gasteiger partial charge in [0.25, 0.3) is 0 Å². The fourth-order valence-electron chi connectivity index (χ4n) is 6.33. The molecule has 1 aliphatic rings. The van der Waals surface area contributed by atoms with Gasteiger partial charge in [0.15, 0.2) is 12.1 Å². The number of aliphatic hydroxyl groups excluding tert-OH is 2. The maximum atomic E-state index is 13.4. The van der Waals surface area contributed by atoms with E-state index in [1.807, 2.05) is 0 Å². The molecule has 10 N–H and O–H groups in total. The summed E-state index contributed by atoms with van der Waals surface area (Å²) in [5, 5.41) is 64.8. The Balaban J connectivity index is 1.52. The molecule has 0 unspecified atom stereocenters. The predicted molar refractivity (Wildman–Crippen MR) is 232 cm³/mol. The maximum absolute atomic E-state index is 13.4. The molecule has 3 rings (SSSR count). The number of guanidine groups is 1. The normalized spacial score (nSPS) is 16.4. The number of hydrogen-bond acceptors (Lipinski definition) is 18. The van der Waals surface area contributed by atoms with Gasteiger partial charge in [-0.3, -0.25) is 34.0 Å². The van der Waals surface area contributed by atoms with E-state index in [1.165, 1.54) is 13.8 Å². The Morgan fingerprint density at radius 2 is 1.46 bits per heavy atom. The van der Waals surface area contributed by atoms with Gasteiger partial charge in [-0.05, 0) is 6.08 Å². The van der Waals surface area contributed by atoms with Gasteiger partial charge in [0, 0.05) is 65.3 Å². The highest BCUT2D eigenvalue weighted by Gasteiger charge is 2.45. The van der Waals surface area contributed by atoms with Gasteiger partial charge in [0.2, 0.25) is 29.4 Å². The number of carboxylic acid groups (broad SMARTS) is 1. The Morgan fingerprint density at radius 3 is 1.99 bits per heavy atom. The van der Waals surface area contributed by atoms with Crippen LogP contribution in [0.5, 0.6) is 0 Å². The monoisotopic (exact) mass is 949 g/mol. The first-order valence-electron chi connectivity index (χ1n) is 21.4. The predicted octanol–water partition coefficient (Wildman–Crippen LogP) is -4.71. The van der Waals surface area contributed by atoms with Crippen molar-refractivity contribution in [1.29, 1.82) is 5.41 Å². The second-order valence-corrected chi connectivity index (χ2v) is 14.8. The van der Waals surface area contributed by atoms with Gasteiger partial charge in [-0.1, -0.05) is 16.3 Å². The summed E-state index contributed by atoms with van der Waals surface area (Å²) in [5.41, 5.74) is 6.68. The van der Waals surface area contributed by atoms with Crippen LogP contribution in [0, 0.1) is 17.8 Å². The number of carbonyl (C=O) groups is 5. The lowest BCUT2D eigenvalue weighted by Gasteiger charge is -2.41. The highest BCUT2D eigenvalue weighted by molar-refractivity contribution is 5.85. The summed E-state index contributed by atoms with van der Waals surface area (Å²) in [6.07, 6.45) is 5.75. The summed E-state index contributed by atoms with van der Waals surface area (Å²) in [7, 11) is 0. The number of hydrogen-bond donors (Lipinski definition) is 9. The van der Waals surface area contributed by atoms with Gasteiger partial charge in [-0.15, -0.1) is 16.6 Å². The van der Waals surface area contributed by atoms with Crippen LogP contribution in [0.3, 0.4) is 0 Å². The Bertz CT molecular complexity index is 1940. The summed E-state index contributed by atoms with van der Waals surface area (Å²) in [5.74, 6) is -1.84. The Morgan fingerprint density at radius 1 is 0.896 bits per heavy atom. The van der Waals surface area contributed by atoms with Crippen LogP contribution in [0.4, 0.5) is 0 Å². The van der Waals surface area contributed by atoms with E-state index < -0.39 is 73.1 Å². The molecule has 0 aliphatic carbocycles. The van der Waals surface area contributed by atoms with Gasteiger partial charge < -0.3 is 75.6 Å². The minimum absolute atomic E-state index is 0.0797. The first-order chi connectivity index (χ1) is 32.2. The minimum Gasteiger partial charge on any atom is -0.478 e. The summed E-state index contributed by atoms with van der Waals surface area (Å²) in [6.45, 7) is 5.31. The number of nitrogens with one attached hydrogen (secondary N) is 5. The second kappa shape index (κ2) is 30.8. The average molecular weight is 950 g/mol. The number of rotatable bonds is 34. The zero-order valence-corrected chi connectivity index (χ0v) is 37.7. The Hall–Kier alpha value is -6.28. The van der Waals surface area contributed by atoms with Crippen LogP contribution in [0.25, 0.3) is 0 Å². The molecule has 4 amide bonds. The molecule has 2 aromatic rings. The lowest BCUT2D eigenvalue weighted by molar-refractivity contribution is -0.159. The fraction of sp³-hybridized carbons (Fsp3) is 0.650. The van der Waals surface area contributed by atoms with Gasteiger partial charge >= 0.3 is 5.97 Å². The van der Waals surface area contributed by atoms with Crippen LogP contribution in [-0.4, -0.2) is 208 Å². The topological polar surface area (TPSA) is 364 Å². The van der Waals surface area contributed by atoms with Gasteiger partial charge in [0.1, 0.15) is 25.4 Å². The van der Waals surface area contributed by atoms with Crippen molar-refractivity contribution in [2.45, 2.75) is 76.6 Å². The van der Waals surface area contributed by atoms with Crippen molar-refractivity contribution in [1.82, 2.24) is 56.2 Å². The molecule has 27 nitrogen and oxygen atoms in total. The molecule has 372 valence electrons. The zero-order chi connectivity index (χ0) is 49.0. The third-order valence-corrected chi connectivity index (χ3v) is 9.48. The van der Waals surface area contributed by atoms with Crippen molar-refractivity contribution in [3.63, 3.8) is 0 Å². The smallest absolute Gasteiger partial charge is 0.370 e. The number of ether oxygens (including phenoxy) is 6. The number of carboxylic acids is 1. The highest BCUT2D eigenvalue weighted by atomic mass is 16.6. The molecule has 0 aromatic carbocycles. The van der Waals surface area contributed by atoms with E-state index in [9.17, 15) is 39.3 Å². The number of aliphatic carboxylic acids is 1. The summed E-state index contributed by atoms with van der Waals surface area (Å²) in [4.78, 5) is 63.1. The standard InChI is InChI=1S/C40H63N13O14/c1-4-14-62-16-18-64-20-21-65-19-17-63-15-7-35(59)51(10-12-52-23-29(47-49-52)5-8-43-27(2)55)11-13-53-24-30(48-50-53)6-9-44-34(58)26-66-37(32(57)25-54)38-36(45-28(3)56)31(46-40(41)42)22-33(67-38)39(60)61/h1,22-24,31-32,36-38,54,57H,5-21,25-26H2,2-3H3,(H,43,55)(H,44,58)(H,45,56)(H,60,61)(H4,41,42,46)/t31-,32+,36+,37+,38+/m0/s1. The van der Waals surface area contributed by atoms with Crippen LogP contribution in [-0.2, 0) is 78.3 Å². The molecule has 27 heteroatoms. The lowest BCUT2D eigenvalue weighted by atomic mass is 9.91. The number of nitrogens with zero attached hydrogens (tertiary/aromatic N) is 7. The van der Waals surface area contributed by atoms with E-state index >= 15 is 0 Å². The summed E-state index contributed by atoms with van der Waals surface area (Å²) < 4.78 is 36.1. The molecule has 5 atom stereocenters. The largest absolute Gasteiger partial charge is 0.478 e. The van der Waals surface area contributed by atoms with Crippen molar-refractivity contribution < 1.29 is 67.7 Å². The minimum atomic E-state index is -1.70. The first kappa shape index (κ1) is 55.1. The van der Waals surface area contributed by atoms with Crippen LogP contribution >= 0.6 is 0 Å². The molecule has 67 heavy (non-hydrogen) atoms. The number of amides is 4. The molecule has 0 saturated carbocycles. The molecule has 0 spiro atoms. The van der Waals surface area contributed by atoms with Crippen molar-refractivity contribution >= 4 is 35.6 Å². The summed E-state index contributed by atoms with van der Waals surface area (Å²) >= 11 is 0. The molecule has 1 aliphatic heterocycles. The van der Waals surface area contributed by atoms with E-state index in [0.29, 0.717) is 70.5 Å². The van der Waals surface area contributed by atoms with Gasteiger partial charge in [-0.2, -0.15) is 0 Å². The molecule has 3 heterocycles. The number of carbonyl (C=O) groups excluding carboxylic acids is 4. The first-order valence-corrected chi connectivity index (χ1v) is 21.4. The molecule has 0 radical (unpaired) electrons. The van der Waals surface area contributed by atoms with Crippen LogP contribution < -0.4 is 27.0 Å². The van der Waals surface area contributed by atoms with Crippen LogP contribution in [0.1, 0.15) is 31.7 Å². The number of nitrogens with two attached hydrogens (primary N) is 1. The van der Waals surface area contributed by atoms with E-state index in [-0.39, 0.29) is 64.1 Å². The zero-order valence-electron chi connectivity index (χ0n) is 37.7. The molecule has 0 fully saturated rings. The quantitative estimate of drug-likeness (QED) is 0.0138. The Labute approximate surface area is 386 Å². The SMILES string of the molecule is C#CCOCCOCCOCCOCCC(=O)N(CCn1cc(CCNC(C)=O)nn1)CCn1cc(CCNC(=O)CO[C@@H]([C@@H]2OC(C(=O)O)=C[C@H](NC(=N)N)[C@H]2NC(C)=O)[C@H](O)CO)nn1. The van der Waals surface area contributed by atoms with Gasteiger partial charge in [0.05, 0.1) is 95.8 Å². The lowest BCUT2D eigenvalue weighted by Crippen LogP contribution is -2.64. The second-order valence-electron chi connectivity index (χ2n) is 14.8.